The van der Waals surface area contributed by atoms with Crippen LogP contribution in [0.2, 0.25) is 10.0 Å². The van der Waals surface area contributed by atoms with Crippen LogP contribution in [-0.4, -0.2) is 60.4 Å². The number of benzene rings is 3. The summed E-state index contributed by atoms with van der Waals surface area (Å²) >= 11 is 12.6. The van der Waals surface area contributed by atoms with Crippen LogP contribution in [0.4, 0.5) is 4.79 Å². The number of ether oxygens (including phenoxy) is 2. The summed E-state index contributed by atoms with van der Waals surface area (Å²) in [4.78, 5) is 35.8. The van der Waals surface area contributed by atoms with Crippen molar-refractivity contribution in [2.75, 3.05) is 32.8 Å². The molecule has 0 saturated carbocycles. The molecule has 2 atom stereocenters. The molecule has 0 radical (unpaired) electrons. The SMILES string of the molecule is CCOc1cc(C(C)(C)C)c(OCC)cc1C1=N[C@@H](c2ccc(Cl)cc2)[C@@H](c2ccc(Cl)cc2)N1C(=O)N1CCNC(=O)CC1.Cl. The summed E-state index contributed by atoms with van der Waals surface area (Å²) in [7, 11) is 0. The Morgan fingerprint density at radius 1 is 0.913 bits per heavy atom. The first-order valence-electron chi connectivity index (χ1n) is 15.4. The molecule has 2 aliphatic heterocycles. The number of aliphatic imine (C=N–C) groups is 1. The molecule has 3 aromatic rings. The Morgan fingerprint density at radius 2 is 1.50 bits per heavy atom. The highest BCUT2D eigenvalue weighted by Crippen LogP contribution is 2.47. The van der Waals surface area contributed by atoms with Gasteiger partial charge in [-0.1, -0.05) is 68.2 Å². The molecule has 1 N–H and O–H groups in total. The van der Waals surface area contributed by atoms with Gasteiger partial charge < -0.3 is 19.7 Å². The summed E-state index contributed by atoms with van der Waals surface area (Å²) in [6.07, 6.45) is 0.219. The van der Waals surface area contributed by atoms with Crippen molar-refractivity contribution >= 4 is 53.4 Å². The summed E-state index contributed by atoms with van der Waals surface area (Å²) in [5.74, 6) is 1.71. The standard InChI is InChI=1S/C35H40Cl2N4O4.ClH/c1-6-44-28-21-27(35(3,4)5)29(45-7-2)20-26(28)33-39-31(22-8-12-24(36)13-9-22)32(23-10-14-25(37)15-11-23)41(33)34(43)40-18-16-30(42)38-17-19-40;/h8-15,20-21,31-32H,6-7,16-19H2,1-5H3,(H,38,42);1H/t31-,32+;/m0./s1. The second-order valence-electron chi connectivity index (χ2n) is 12.1. The van der Waals surface area contributed by atoms with Crippen molar-refractivity contribution in [1.82, 2.24) is 15.1 Å². The molecule has 5 rings (SSSR count). The molecule has 0 spiro atoms. The van der Waals surface area contributed by atoms with Crippen molar-refractivity contribution < 1.29 is 19.1 Å². The summed E-state index contributed by atoms with van der Waals surface area (Å²) in [5.41, 5.74) is 3.18. The molecule has 246 valence electrons. The first-order valence-corrected chi connectivity index (χ1v) is 16.2. The van der Waals surface area contributed by atoms with Gasteiger partial charge in [0.25, 0.3) is 0 Å². The van der Waals surface area contributed by atoms with E-state index in [0.29, 0.717) is 65.8 Å². The molecule has 3 aromatic carbocycles. The highest BCUT2D eigenvalue weighted by molar-refractivity contribution is 6.30. The maximum atomic E-state index is 14.7. The lowest BCUT2D eigenvalue weighted by Crippen LogP contribution is -2.47. The molecule has 0 aliphatic carbocycles. The predicted octanol–water partition coefficient (Wildman–Crippen LogP) is 8.00. The van der Waals surface area contributed by atoms with Crippen LogP contribution < -0.4 is 14.8 Å². The molecule has 8 nitrogen and oxygen atoms in total. The van der Waals surface area contributed by atoms with E-state index in [1.165, 1.54) is 0 Å². The van der Waals surface area contributed by atoms with Gasteiger partial charge in [0.05, 0.1) is 24.8 Å². The number of carbonyl (C=O) groups excluding carboxylic acids is 2. The van der Waals surface area contributed by atoms with E-state index < -0.39 is 12.1 Å². The van der Waals surface area contributed by atoms with Gasteiger partial charge in [0.1, 0.15) is 23.4 Å². The van der Waals surface area contributed by atoms with Gasteiger partial charge in [-0.25, -0.2) is 4.79 Å². The number of nitrogens with one attached hydrogen (secondary N) is 1. The van der Waals surface area contributed by atoms with Gasteiger partial charge in [-0.15, -0.1) is 12.4 Å². The average molecular weight is 688 g/mol. The third-order valence-corrected chi connectivity index (χ3v) is 8.51. The van der Waals surface area contributed by atoms with Crippen LogP contribution in [0.1, 0.15) is 75.4 Å². The Bertz CT molecular complexity index is 1570. The van der Waals surface area contributed by atoms with E-state index in [-0.39, 0.29) is 36.2 Å². The molecule has 1 fully saturated rings. The van der Waals surface area contributed by atoms with Gasteiger partial charge in [-0.3, -0.25) is 14.7 Å². The third kappa shape index (κ3) is 7.56. The summed E-state index contributed by atoms with van der Waals surface area (Å²) in [5, 5.41) is 4.07. The van der Waals surface area contributed by atoms with Crippen LogP contribution in [0.15, 0.2) is 65.7 Å². The average Bonchev–Trinajstić information content (AvgIpc) is 3.26. The summed E-state index contributed by atoms with van der Waals surface area (Å²) in [6.45, 7) is 12.2. The fraction of sp³-hybridized carbons (Fsp3) is 0.400. The Labute approximate surface area is 287 Å². The molecule has 1 saturated heterocycles. The lowest BCUT2D eigenvalue weighted by molar-refractivity contribution is -0.120. The van der Waals surface area contributed by atoms with Crippen molar-refractivity contribution in [2.24, 2.45) is 4.99 Å². The van der Waals surface area contributed by atoms with Crippen molar-refractivity contribution in [3.63, 3.8) is 0 Å². The fourth-order valence-electron chi connectivity index (χ4n) is 5.84. The fourth-order valence-corrected chi connectivity index (χ4v) is 6.09. The minimum Gasteiger partial charge on any atom is -0.494 e. The molecule has 2 aliphatic rings. The van der Waals surface area contributed by atoms with Crippen LogP contribution in [0, 0.1) is 0 Å². The van der Waals surface area contributed by atoms with Gasteiger partial charge in [0.15, 0.2) is 0 Å². The molecule has 3 amide bonds. The minimum absolute atomic E-state index is 0. The van der Waals surface area contributed by atoms with Crippen molar-refractivity contribution in [3.05, 3.63) is 93.0 Å². The molecular formula is C35H41Cl3N4O4. The van der Waals surface area contributed by atoms with E-state index in [0.717, 1.165) is 16.7 Å². The summed E-state index contributed by atoms with van der Waals surface area (Å²) < 4.78 is 12.4. The maximum absolute atomic E-state index is 14.7. The lowest BCUT2D eigenvalue weighted by Gasteiger charge is -2.34. The third-order valence-electron chi connectivity index (χ3n) is 8.01. The highest BCUT2D eigenvalue weighted by atomic mass is 35.5. The molecule has 11 heteroatoms. The Hall–Kier alpha value is -3.46. The molecular weight excluding hydrogens is 647 g/mol. The first-order chi connectivity index (χ1) is 21.5. The largest absolute Gasteiger partial charge is 0.494 e. The van der Waals surface area contributed by atoms with Crippen LogP contribution in [0.3, 0.4) is 0 Å². The second kappa shape index (κ2) is 15.0. The van der Waals surface area contributed by atoms with Crippen molar-refractivity contribution in [1.29, 1.82) is 0 Å². The predicted molar refractivity (Wildman–Crippen MR) is 186 cm³/mol. The Morgan fingerprint density at radius 3 is 2.09 bits per heavy atom. The van der Waals surface area contributed by atoms with Crippen molar-refractivity contribution in [2.45, 2.75) is 58.5 Å². The van der Waals surface area contributed by atoms with Gasteiger partial charge in [-0.05, 0) is 66.8 Å². The van der Waals surface area contributed by atoms with Crippen LogP contribution in [-0.2, 0) is 10.2 Å². The molecule has 0 aromatic heterocycles. The van der Waals surface area contributed by atoms with Crippen LogP contribution >= 0.6 is 35.6 Å². The number of hydrogen-bond acceptors (Lipinski definition) is 5. The Kier molecular flexibility index (Phi) is 11.5. The van der Waals surface area contributed by atoms with Crippen molar-refractivity contribution in [3.8, 4) is 11.5 Å². The number of nitrogens with zero attached hydrogens (tertiary/aromatic N) is 3. The zero-order valence-corrected chi connectivity index (χ0v) is 29.1. The first kappa shape index (κ1) is 35.4. The van der Waals surface area contributed by atoms with E-state index >= 15 is 0 Å². The van der Waals surface area contributed by atoms with Gasteiger partial charge in [-0.2, -0.15) is 0 Å². The monoisotopic (exact) mass is 686 g/mol. The van der Waals surface area contributed by atoms with Gasteiger partial charge in [0, 0.05) is 41.7 Å². The normalized spacial score (nSPS) is 18.3. The number of amides is 3. The van der Waals surface area contributed by atoms with E-state index in [9.17, 15) is 9.59 Å². The zero-order valence-electron chi connectivity index (χ0n) is 26.8. The Balaban J connectivity index is 0.00000480. The molecule has 46 heavy (non-hydrogen) atoms. The van der Waals surface area contributed by atoms with E-state index in [1.54, 1.807) is 9.80 Å². The number of urea groups is 1. The van der Waals surface area contributed by atoms with Gasteiger partial charge >= 0.3 is 6.03 Å². The second-order valence-corrected chi connectivity index (χ2v) is 13.0. The number of halogens is 3. The molecule has 2 heterocycles. The highest BCUT2D eigenvalue weighted by Gasteiger charge is 2.45. The topological polar surface area (TPSA) is 83.5 Å². The lowest BCUT2D eigenvalue weighted by atomic mass is 9.85. The van der Waals surface area contributed by atoms with E-state index in [2.05, 4.69) is 26.1 Å². The van der Waals surface area contributed by atoms with Gasteiger partial charge in [0.2, 0.25) is 5.91 Å². The van der Waals surface area contributed by atoms with Crippen LogP contribution in [0.5, 0.6) is 11.5 Å². The maximum Gasteiger partial charge on any atom is 0.326 e. The van der Waals surface area contributed by atoms with Crippen LogP contribution in [0.25, 0.3) is 0 Å². The smallest absolute Gasteiger partial charge is 0.326 e. The van der Waals surface area contributed by atoms with E-state index in [4.69, 9.17) is 37.7 Å². The number of amidine groups is 1. The zero-order chi connectivity index (χ0) is 32.3. The molecule has 0 unspecified atom stereocenters. The van der Waals surface area contributed by atoms with E-state index in [1.807, 2.05) is 74.5 Å². The number of rotatable bonds is 7. The quantitative estimate of drug-likeness (QED) is 0.273. The summed E-state index contributed by atoms with van der Waals surface area (Å²) in [6, 6.07) is 17.8. The molecule has 0 bridgehead atoms. The number of hydrogen-bond donors (Lipinski definition) is 1. The number of carbonyl (C=O) groups is 2. The minimum atomic E-state index is -0.523.